The lowest BCUT2D eigenvalue weighted by Gasteiger charge is -2.33. The maximum Gasteiger partial charge on any atom is 0.265 e. The van der Waals surface area contributed by atoms with Gasteiger partial charge in [0.1, 0.15) is 17.0 Å². The predicted molar refractivity (Wildman–Crippen MR) is 149 cm³/mol. The molecule has 0 spiro atoms. The number of aromatic amines is 1. The van der Waals surface area contributed by atoms with E-state index in [9.17, 15) is 8.42 Å². The zero-order valence-corrected chi connectivity index (χ0v) is 23.3. The first-order chi connectivity index (χ1) is 18.8. The highest BCUT2D eigenvalue weighted by Gasteiger charge is 2.26. The zero-order valence-electron chi connectivity index (χ0n) is 21.0. The van der Waals surface area contributed by atoms with Crippen LogP contribution in [0.25, 0.3) is 10.9 Å². The molecule has 13 heteroatoms. The van der Waals surface area contributed by atoms with Crippen LogP contribution in [0.3, 0.4) is 0 Å². The number of nitrogens with one attached hydrogen (secondary N) is 2. The van der Waals surface area contributed by atoms with E-state index in [1.54, 1.807) is 6.07 Å². The molecule has 0 unspecified atom stereocenters. The second-order valence-corrected chi connectivity index (χ2v) is 11.5. The van der Waals surface area contributed by atoms with Crippen LogP contribution in [0.2, 0.25) is 10.0 Å². The van der Waals surface area contributed by atoms with Crippen LogP contribution >= 0.6 is 23.2 Å². The molecule has 1 saturated heterocycles. The van der Waals surface area contributed by atoms with Gasteiger partial charge in [-0.05, 0) is 44.0 Å². The van der Waals surface area contributed by atoms with Gasteiger partial charge in [0.15, 0.2) is 11.6 Å². The summed E-state index contributed by atoms with van der Waals surface area (Å²) in [6, 6.07) is 8.84. The number of nitrogens with zero attached hydrogens (tertiary/aromatic N) is 3. The summed E-state index contributed by atoms with van der Waals surface area (Å²) >= 11 is 12.4. The Bertz CT molecular complexity index is 1600. The molecule has 0 bridgehead atoms. The average molecular weight is 594 g/mol. The minimum absolute atomic E-state index is 0.0852. The van der Waals surface area contributed by atoms with Crippen molar-refractivity contribution in [2.75, 3.05) is 35.9 Å². The quantitative estimate of drug-likeness (QED) is 0.248. The number of hydrogen-bond donors (Lipinski definition) is 2. The summed E-state index contributed by atoms with van der Waals surface area (Å²) in [6.07, 6.45) is 4.75. The summed E-state index contributed by atoms with van der Waals surface area (Å²) in [5.74, 6) is 0.239. The van der Waals surface area contributed by atoms with Crippen LogP contribution in [0.5, 0.6) is 11.6 Å². The number of halogens is 3. The Morgan fingerprint density at radius 2 is 2.03 bits per heavy atom. The molecule has 0 radical (unpaired) electrons. The molecule has 4 aromatic rings. The van der Waals surface area contributed by atoms with Crippen molar-refractivity contribution in [1.82, 2.24) is 15.0 Å². The SMILES string of the molecule is CCOc1cc(N2CCC[C@H](COc3cccc(S(=O)(=O)Nc4ccc(Cl)c5c(Cl)c[nH]c45)c3F)C2)ncn1. The third-order valence-corrected chi connectivity index (χ3v) is 8.43. The summed E-state index contributed by atoms with van der Waals surface area (Å²) in [4.78, 5) is 12.9. The van der Waals surface area contributed by atoms with Gasteiger partial charge in [0.25, 0.3) is 10.0 Å². The summed E-state index contributed by atoms with van der Waals surface area (Å²) in [7, 11) is -4.30. The maximum atomic E-state index is 15.4. The molecule has 2 aromatic heterocycles. The molecule has 3 heterocycles. The van der Waals surface area contributed by atoms with E-state index in [-0.39, 0.29) is 24.0 Å². The highest BCUT2D eigenvalue weighted by atomic mass is 35.5. The minimum atomic E-state index is -4.30. The second kappa shape index (κ2) is 11.4. The van der Waals surface area contributed by atoms with Crippen LogP contribution < -0.4 is 19.1 Å². The van der Waals surface area contributed by atoms with E-state index >= 15 is 4.39 Å². The van der Waals surface area contributed by atoms with Crippen LogP contribution in [-0.2, 0) is 10.0 Å². The Labute approximate surface area is 235 Å². The Balaban J connectivity index is 1.29. The first-order valence-electron chi connectivity index (χ1n) is 12.4. The van der Waals surface area contributed by atoms with Crippen molar-refractivity contribution in [3.63, 3.8) is 0 Å². The lowest BCUT2D eigenvalue weighted by Crippen LogP contribution is -2.38. The first kappa shape index (κ1) is 27.3. The summed E-state index contributed by atoms with van der Waals surface area (Å²) in [6.45, 7) is 4.07. The van der Waals surface area contributed by atoms with Crippen LogP contribution in [0.4, 0.5) is 15.9 Å². The number of benzene rings is 2. The minimum Gasteiger partial charge on any atom is -0.490 e. The van der Waals surface area contributed by atoms with Crippen molar-refractivity contribution in [2.45, 2.75) is 24.7 Å². The third kappa shape index (κ3) is 5.85. The number of piperidine rings is 1. The van der Waals surface area contributed by atoms with Crippen molar-refractivity contribution in [3.8, 4) is 11.6 Å². The first-order valence-corrected chi connectivity index (χ1v) is 14.6. The van der Waals surface area contributed by atoms with Crippen LogP contribution in [0, 0.1) is 11.7 Å². The normalized spacial score (nSPS) is 15.9. The Morgan fingerprint density at radius 3 is 2.85 bits per heavy atom. The molecule has 0 amide bonds. The molecule has 1 fully saturated rings. The highest BCUT2D eigenvalue weighted by Crippen LogP contribution is 2.36. The second-order valence-electron chi connectivity index (χ2n) is 9.07. The molecule has 39 heavy (non-hydrogen) atoms. The fourth-order valence-electron chi connectivity index (χ4n) is 4.61. The lowest BCUT2D eigenvalue weighted by molar-refractivity contribution is 0.219. The van der Waals surface area contributed by atoms with E-state index in [1.165, 1.54) is 42.9 Å². The molecule has 5 rings (SSSR count). The number of H-pyrrole nitrogens is 1. The lowest BCUT2D eigenvalue weighted by atomic mass is 9.99. The fraction of sp³-hybridized carbons (Fsp3) is 0.308. The van der Waals surface area contributed by atoms with Gasteiger partial charge >= 0.3 is 0 Å². The molecule has 1 aliphatic rings. The smallest absolute Gasteiger partial charge is 0.265 e. The summed E-state index contributed by atoms with van der Waals surface area (Å²) in [5.41, 5.74) is 0.578. The highest BCUT2D eigenvalue weighted by molar-refractivity contribution is 7.92. The average Bonchev–Trinajstić information content (AvgIpc) is 3.32. The van der Waals surface area contributed by atoms with E-state index in [2.05, 4.69) is 24.6 Å². The molecule has 0 saturated carbocycles. The van der Waals surface area contributed by atoms with Crippen molar-refractivity contribution >= 4 is 55.6 Å². The Hall–Kier alpha value is -3.28. The van der Waals surface area contributed by atoms with Gasteiger partial charge in [-0.2, -0.15) is 0 Å². The number of rotatable bonds is 9. The summed E-state index contributed by atoms with van der Waals surface area (Å²) < 4.78 is 55.5. The topological polar surface area (TPSA) is 109 Å². The Kier molecular flexibility index (Phi) is 8.01. The van der Waals surface area contributed by atoms with Crippen molar-refractivity contribution in [3.05, 3.63) is 64.8 Å². The van der Waals surface area contributed by atoms with Gasteiger partial charge in [-0.3, -0.25) is 4.72 Å². The molecule has 0 aliphatic carbocycles. The van der Waals surface area contributed by atoms with Gasteiger partial charge in [-0.15, -0.1) is 0 Å². The van der Waals surface area contributed by atoms with E-state index < -0.39 is 20.7 Å². The van der Waals surface area contributed by atoms with E-state index in [4.69, 9.17) is 32.7 Å². The van der Waals surface area contributed by atoms with E-state index in [0.29, 0.717) is 40.0 Å². The number of anilines is 2. The van der Waals surface area contributed by atoms with Gasteiger partial charge < -0.3 is 19.4 Å². The molecule has 1 aliphatic heterocycles. The molecule has 206 valence electrons. The molecular weight excluding hydrogens is 568 g/mol. The van der Waals surface area contributed by atoms with Crippen molar-refractivity contribution in [2.24, 2.45) is 5.92 Å². The monoisotopic (exact) mass is 593 g/mol. The molecule has 1 atom stereocenters. The van der Waals surface area contributed by atoms with Gasteiger partial charge in [0, 0.05) is 36.7 Å². The van der Waals surface area contributed by atoms with E-state index in [0.717, 1.165) is 25.2 Å². The van der Waals surface area contributed by atoms with Gasteiger partial charge in [-0.25, -0.2) is 22.8 Å². The molecule has 2 N–H and O–H groups in total. The van der Waals surface area contributed by atoms with Crippen molar-refractivity contribution in [1.29, 1.82) is 0 Å². The number of sulfonamides is 1. The molecular formula is C26H26Cl2FN5O4S. The van der Waals surface area contributed by atoms with E-state index in [1.807, 2.05) is 6.92 Å². The predicted octanol–water partition coefficient (Wildman–Crippen LogP) is 5.90. The zero-order chi connectivity index (χ0) is 27.6. The fourth-order valence-corrected chi connectivity index (χ4v) is 6.33. The third-order valence-electron chi connectivity index (χ3n) is 6.44. The van der Waals surface area contributed by atoms with Gasteiger partial charge in [-0.1, -0.05) is 29.3 Å². The standard InChI is InChI=1S/C26H26Cl2FN5O4S/c1-2-37-23-11-22(31-15-32-23)34-10-4-5-16(13-34)14-38-20-6-3-7-21(25(20)29)39(35,36)33-19-9-8-17(27)24-18(28)12-30-26(19)24/h3,6-9,11-12,15-16,30,33H,2,4-5,10,13-14H2,1H3/t16-/m0/s1. The number of aromatic nitrogens is 3. The van der Waals surface area contributed by atoms with Crippen LogP contribution in [-0.4, -0.2) is 49.7 Å². The van der Waals surface area contributed by atoms with Gasteiger partial charge in [0.05, 0.1) is 34.5 Å². The largest absolute Gasteiger partial charge is 0.490 e. The van der Waals surface area contributed by atoms with Crippen molar-refractivity contribution < 1.29 is 22.3 Å². The number of hydrogen-bond acceptors (Lipinski definition) is 7. The summed E-state index contributed by atoms with van der Waals surface area (Å²) in [5, 5.41) is 1.17. The Morgan fingerprint density at radius 1 is 1.18 bits per heavy atom. The van der Waals surface area contributed by atoms with Crippen LogP contribution in [0.15, 0.2) is 53.8 Å². The maximum absolute atomic E-state index is 15.4. The molecule has 2 aromatic carbocycles. The number of ether oxygens (including phenoxy) is 2. The molecule has 9 nitrogen and oxygen atoms in total. The van der Waals surface area contributed by atoms with Crippen LogP contribution in [0.1, 0.15) is 19.8 Å². The van der Waals surface area contributed by atoms with Gasteiger partial charge in [0.2, 0.25) is 5.88 Å². The number of fused-ring (bicyclic) bond motifs is 1.